The van der Waals surface area contributed by atoms with Gasteiger partial charge in [-0.3, -0.25) is 14.4 Å². The Hall–Kier alpha value is -4.65. The van der Waals surface area contributed by atoms with E-state index in [4.69, 9.17) is 4.42 Å². The van der Waals surface area contributed by atoms with Gasteiger partial charge in [-0.25, -0.2) is 4.98 Å². The van der Waals surface area contributed by atoms with Crippen molar-refractivity contribution in [1.82, 2.24) is 24.1 Å². The first-order chi connectivity index (χ1) is 21.2. The summed E-state index contributed by atoms with van der Waals surface area (Å²) >= 11 is 0. The first kappa shape index (κ1) is 31.8. The maximum Gasteiger partial charge on any atom is 0.180 e. The van der Waals surface area contributed by atoms with Gasteiger partial charge in [-0.15, -0.1) is 53.6 Å². The Morgan fingerprint density at radius 2 is 1.27 bits per heavy atom. The van der Waals surface area contributed by atoms with E-state index in [9.17, 15) is 4.39 Å². The number of aromatic nitrogens is 5. The summed E-state index contributed by atoms with van der Waals surface area (Å²) in [6.07, 6.45) is 7.48. The Morgan fingerprint density at radius 1 is 0.689 bits per heavy atom. The molecule has 0 saturated carbocycles. The maximum absolute atomic E-state index is 13.0. The molecular formula is C37H32FIrN5O-2. The molecule has 0 saturated heterocycles. The summed E-state index contributed by atoms with van der Waals surface area (Å²) in [5.41, 5.74) is 11.6. The van der Waals surface area contributed by atoms with Crippen LogP contribution in [-0.4, -0.2) is 24.1 Å². The number of hydrogen-bond acceptors (Lipinski definition) is 4. The van der Waals surface area contributed by atoms with Gasteiger partial charge in [0.25, 0.3) is 0 Å². The number of rotatable bonds is 4. The van der Waals surface area contributed by atoms with Crippen molar-refractivity contribution in [2.45, 2.75) is 41.5 Å². The van der Waals surface area contributed by atoms with Crippen molar-refractivity contribution >= 4 is 11.1 Å². The van der Waals surface area contributed by atoms with E-state index in [-0.39, 0.29) is 25.9 Å². The summed E-state index contributed by atoms with van der Waals surface area (Å²) in [6, 6.07) is 25.0. The molecule has 7 aromatic rings. The van der Waals surface area contributed by atoms with Gasteiger partial charge in [0.15, 0.2) is 5.89 Å². The number of imidazole rings is 2. The van der Waals surface area contributed by atoms with Crippen LogP contribution in [0.15, 0.2) is 89.9 Å². The fourth-order valence-corrected chi connectivity index (χ4v) is 5.77. The fraction of sp³-hybridized carbons (Fsp3) is 0.162. The van der Waals surface area contributed by atoms with Gasteiger partial charge in [-0.1, -0.05) is 35.9 Å². The van der Waals surface area contributed by atoms with Gasteiger partial charge < -0.3 is 13.6 Å². The molecule has 6 nitrogen and oxygen atoms in total. The zero-order chi connectivity index (χ0) is 31.0. The summed E-state index contributed by atoms with van der Waals surface area (Å²) in [5.74, 6) is 1.98. The minimum absolute atomic E-state index is 0. The molecule has 0 aliphatic carbocycles. The predicted molar refractivity (Wildman–Crippen MR) is 172 cm³/mol. The molecule has 0 fully saturated rings. The van der Waals surface area contributed by atoms with Crippen molar-refractivity contribution in [1.29, 1.82) is 0 Å². The smallest absolute Gasteiger partial charge is 0.180 e. The molecule has 0 aliphatic rings. The van der Waals surface area contributed by atoms with Crippen LogP contribution in [0.2, 0.25) is 0 Å². The first-order valence-electron chi connectivity index (χ1n) is 14.4. The van der Waals surface area contributed by atoms with E-state index in [1.54, 1.807) is 12.3 Å². The third-order valence-corrected chi connectivity index (χ3v) is 7.52. The second-order valence-corrected chi connectivity index (χ2v) is 11.0. The molecule has 229 valence electrons. The van der Waals surface area contributed by atoms with Crippen LogP contribution in [0.1, 0.15) is 33.7 Å². The zero-order valence-electron chi connectivity index (χ0n) is 25.9. The van der Waals surface area contributed by atoms with E-state index in [0.29, 0.717) is 5.89 Å². The van der Waals surface area contributed by atoms with Gasteiger partial charge in [-0.2, -0.15) is 0 Å². The molecule has 3 aromatic heterocycles. The number of nitrogens with zero attached hydrogens (tertiary/aromatic N) is 5. The van der Waals surface area contributed by atoms with E-state index in [1.165, 1.54) is 39.9 Å². The SMILES string of the molecule is Cc1cc(C)c(-n2ccnc2-c2[c-]cc3oc(C)nc3c2)c(C)c1.Cc1cccc(C)c1-n1ccnc1-c1[c-]cc(F)cc1.[Ir]. The largest absolute Gasteiger partial charge is 0.488 e. The fourth-order valence-electron chi connectivity index (χ4n) is 5.77. The quantitative estimate of drug-likeness (QED) is 0.168. The summed E-state index contributed by atoms with van der Waals surface area (Å²) in [5, 5.41) is 0. The van der Waals surface area contributed by atoms with Crippen molar-refractivity contribution in [2.75, 3.05) is 0 Å². The van der Waals surface area contributed by atoms with Crippen LogP contribution in [0.3, 0.4) is 0 Å². The van der Waals surface area contributed by atoms with Gasteiger partial charge in [-0.05, 0) is 56.9 Å². The standard InChI is InChI=1S/C20H18N3O.C17H14FN2.Ir/c1-12-9-13(2)19(14(3)10-12)23-8-7-21-20(23)16-5-6-18-17(11-16)22-15(4)24-18;1-12-4-3-5-13(2)16(12)20-11-10-19-17(20)14-6-8-15(18)9-7-14;/h6-11H,1-4H3;3-6,8-11H,1-2H3;/q2*-1;. The first-order valence-corrected chi connectivity index (χ1v) is 14.4. The molecule has 0 N–H and O–H groups in total. The molecule has 0 bridgehead atoms. The molecule has 4 aromatic carbocycles. The monoisotopic (exact) mass is 774 g/mol. The zero-order valence-corrected chi connectivity index (χ0v) is 28.3. The maximum atomic E-state index is 13.0. The van der Waals surface area contributed by atoms with Crippen LogP contribution in [0.25, 0.3) is 45.3 Å². The second kappa shape index (κ2) is 13.1. The van der Waals surface area contributed by atoms with Gasteiger partial charge in [0, 0.05) is 74.5 Å². The van der Waals surface area contributed by atoms with E-state index >= 15 is 0 Å². The Labute approximate surface area is 276 Å². The molecule has 0 amide bonds. The number of oxazole rings is 1. The van der Waals surface area contributed by atoms with Crippen molar-refractivity contribution in [2.24, 2.45) is 0 Å². The molecule has 0 spiro atoms. The summed E-state index contributed by atoms with van der Waals surface area (Å²) in [4.78, 5) is 13.3. The Bertz CT molecular complexity index is 2060. The average molecular weight is 774 g/mol. The molecule has 7 rings (SSSR count). The van der Waals surface area contributed by atoms with Gasteiger partial charge in [0.2, 0.25) is 0 Å². The van der Waals surface area contributed by atoms with Crippen LogP contribution in [0.4, 0.5) is 4.39 Å². The van der Waals surface area contributed by atoms with E-state index < -0.39 is 0 Å². The normalized spacial score (nSPS) is 10.8. The van der Waals surface area contributed by atoms with Crippen LogP contribution in [-0.2, 0) is 20.1 Å². The number of fused-ring (bicyclic) bond motifs is 1. The second-order valence-electron chi connectivity index (χ2n) is 11.0. The summed E-state index contributed by atoms with van der Waals surface area (Å²) in [6.45, 7) is 12.4. The van der Waals surface area contributed by atoms with Crippen molar-refractivity contribution in [3.63, 3.8) is 0 Å². The molecule has 0 atom stereocenters. The van der Waals surface area contributed by atoms with E-state index in [1.807, 2.05) is 48.3 Å². The molecule has 45 heavy (non-hydrogen) atoms. The van der Waals surface area contributed by atoms with E-state index in [2.05, 4.69) is 90.5 Å². The third kappa shape index (κ3) is 6.44. The Morgan fingerprint density at radius 3 is 1.87 bits per heavy atom. The summed E-state index contributed by atoms with van der Waals surface area (Å²) < 4.78 is 22.7. The topological polar surface area (TPSA) is 61.7 Å². The van der Waals surface area contributed by atoms with Crippen molar-refractivity contribution < 1.29 is 28.9 Å². The average Bonchev–Trinajstić information content (AvgIpc) is 3.73. The minimum Gasteiger partial charge on any atom is -0.488 e. The Balaban J connectivity index is 0.000000177. The van der Waals surface area contributed by atoms with Crippen LogP contribution in [0, 0.1) is 59.5 Å². The number of benzene rings is 4. The van der Waals surface area contributed by atoms with Crippen molar-refractivity contribution in [3.05, 3.63) is 137 Å². The molecule has 8 heteroatoms. The molecule has 1 radical (unpaired) electrons. The number of para-hydroxylation sites is 1. The van der Waals surface area contributed by atoms with Crippen LogP contribution >= 0.6 is 0 Å². The predicted octanol–water partition coefficient (Wildman–Crippen LogP) is 8.81. The molecule has 3 heterocycles. The van der Waals surface area contributed by atoms with Gasteiger partial charge in [0.05, 0.1) is 17.2 Å². The van der Waals surface area contributed by atoms with Gasteiger partial charge >= 0.3 is 0 Å². The van der Waals surface area contributed by atoms with Gasteiger partial charge in [0.1, 0.15) is 0 Å². The van der Waals surface area contributed by atoms with Crippen LogP contribution in [0.5, 0.6) is 0 Å². The molecular weight excluding hydrogens is 742 g/mol. The number of hydrogen-bond donors (Lipinski definition) is 0. The van der Waals surface area contributed by atoms with Crippen LogP contribution < -0.4 is 0 Å². The summed E-state index contributed by atoms with van der Waals surface area (Å²) in [7, 11) is 0. The molecule has 0 aliphatic heterocycles. The van der Waals surface area contributed by atoms with Crippen molar-refractivity contribution in [3.8, 4) is 34.2 Å². The number of aryl methyl sites for hydroxylation is 6. The Kier molecular flexibility index (Phi) is 9.28. The van der Waals surface area contributed by atoms with E-state index in [0.717, 1.165) is 45.3 Å². The number of halogens is 1. The third-order valence-electron chi connectivity index (χ3n) is 7.52. The molecule has 0 unspecified atom stereocenters. The minimum atomic E-state index is -0.293.